The number of amides is 1. The lowest BCUT2D eigenvalue weighted by Gasteiger charge is -2.37. The average Bonchev–Trinajstić information content (AvgIpc) is 2.42. The molecule has 1 aliphatic heterocycles. The summed E-state index contributed by atoms with van der Waals surface area (Å²) in [7, 11) is -3.39. The maximum Gasteiger partial charge on any atom is 0.259 e. The summed E-state index contributed by atoms with van der Waals surface area (Å²) in [5, 5.41) is 0. The largest absolute Gasteiger partial charge is 0.370 e. The monoisotopic (exact) mass is 343 g/mol. The third kappa shape index (κ3) is 2.58. The number of rotatable bonds is 2. The molecule has 1 unspecified atom stereocenters. The first-order valence-corrected chi connectivity index (χ1v) is 9.46. The highest BCUT2D eigenvalue weighted by molar-refractivity contribution is 8.07. The molecule has 0 fully saturated rings. The van der Waals surface area contributed by atoms with Crippen molar-refractivity contribution in [2.45, 2.75) is 38.4 Å². The molecule has 8 heteroatoms. The summed E-state index contributed by atoms with van der Waals surface area (Å²) < 4.78 is 24.5. The molecule has 122 valence electrons. The summed E-state index contributed by atoms with van der Waals surface area (Å²) in [6.07, 6.45) is 4.01. The molecule has 1 amide bonds. The first-order valence-electron chi connectivity index (χ1n) is 7.00. The lowest BCUT2D eigenvalue weighted by Crippen LogP contribution is -2.41. The molecule has 1 aliphatic carbocycles. The number of guanidine groups is 1. The average molecular weight is 343 g/mol. The highest BCUT2D eigenvalue weighted by atomic mass is 32.2. The molecule has 0 aromatic heterocycles. The molecule has 2 aliphatic rings. The minimum absolute atomic E-state index is 0.281. The van der Waals surface area contributed by atoms with Crippen LogP contribution in [0.15, 0.2) is 27.0 Å². The van der Waals surface area contributed by atoms with Crippen molar-refractivity contribution in [3.8, 4) is 0 Å². The zero-order chi connectivity index (χ0) is 16.8. The van der Waals surface area contributed by atoms with E-state index in [1.54, 1.807) is 26.0 Å². The molecule has 0 spiro atoms. The van der Waals surface area contributed by atoms with Crippen LogP contribution in [0.25, 0.3) is 0 Å². The lowest BCUT2D eigenvalue weighted by molar-refractivity contribution is -0.125. The number of carbonyl (C=O) groups excluding carboxylic acids is 1. The number of hydrogen-bond donors (Lipinski definition) is 2. The highest BCUT2D eigenvalue weighted by Crippen LogP contribution is 2.49. The third-order valence-corrected chi connectivity index (χ3v) is 8.65. The van der Waals surface area contributed by atoms with Crippen LogP contribution >= 0.6 is 11.8 Å². The first kappa shape index (κ1) is 17.1. The predicted molar refractivity (Wildman–Crippen MR) is 89.8 cm³/mol. The summed E-state index contributed by atoms with van der Waals surface area (Å²) in [5.41, 5.74) is 9.72. The zero-order valence-corrected chi connectivity index (χ0v) is 14.6. The fraction of sp³-hybridized carbons (Fsp3) is 0.571. The van der Waals surface area contributed by atoms with E-state index in [2.05, 4.69) is 4.99 Å². The van der Waals surface area contributed by atoms with Crippen molar-refractivity contribution in [2.75, 3.05) is 5.75 Å². The van der Waals surface area contributed by atoms with Crippen LogP contribution in [0.2, 0.25) is 0 Å². The standard InChI is InChI=1S/C14H21N3O3S2/c1-4-14(11(18)17-12(15)16)6-5-10-9(7-14)21-8-13(2,3)22(10,19)20/h5-6H,4,7-8H2,1-3H3,(H4,15,16,17,18). The van der Waals surface area contributed by atoms with Gasteiger partial charge in [0, 0.05) is 10.7 Å². The van der Waals surface area contributed by atoms with Crippen molar-refractivity contribution in [3.63, 3.8) is 0 Å². The van der Waals surface area contributed by atoms with Gasteiger partial charge in [0.2, 0.25) is 0 Å². The Labute approximate surface area is 135 Å². The molecule has 0 aromatic rings. The van der Waals surface area contributed by atoms with Crippen LogP contribution in [0.5, 0.6) is 0 Å². The molecule has 22 heavy (non-hydrogen) atoms. The van der Waals surface area contributed by atoms with Gasteiger partial charge in [-0.1, -0.05) is 13.0 Å². The molecule has 0 saturated carbocycles. The summed E-state index contributed by atoms with van der Waals surface area (Å²) in [6, 6.07) is 0. The molecule has 1 atom stereocenters. The van der Waals surface area contributed by atoms with Gasteiger partial charge in [0.1, 0.15) is 0 Å². The third-order valence-electron chi connectivity index (χ3n) is 4.20. The van der Waals surface area contributed by atoms with Crippen molar-refractivity contribution >= 4 is 33.5 Å². The Morgan fingerprint density at radius 1 is 1.41 bits per heavy atom. The van der Waals surface area contributed by atoms with E-state index in [9.17, 15) is 13.2 Å². The van der Waals surface area contributed by atoms with E-state index in [1.165, 1.54) is 11.8 Å². The normalized spacial score (nSPS) is 28.9. The number of nitrogens with zero attached hydrogens (tertiary/aromatic N) is 1. The summed E-state index contributed by atoms with van der Waals surface area (Å²) in [5.74, 6) is -0.241. The van der Waals surface area contributed by atoms with Gasteiger partial charge in [-0.15, -0.1) is 11.8 Å². The Balaban J connectivity index is 2.46. The second-order valence-corrected chi connectivity index (χ2v) is 9.82. The minimum Gasteiger partial charge on any atom is -0.370 e. The predicted octanol–water partition coefficient (Wildman–Crippen LogP) is 1.29. The minimum atomic E-state index is -3.39. The molecular weight excluding hydrogens is 322 g/mol. The fourth-order valence-electron chi connectivity index (χ4n) is 2.53. The van der Waals surface area contributed by atoms with E-state index < -0.39 is 25.9 Å². The Morgan fingerprint density at radius 3 is 2.59 bits per heavy atom. The second-order valence-electron chi connectivity index (χ2n) is 6.20. The van der Waals surface area contributed by atoms with Crippen LogP contribution < -0.4 is 11.5 Å². The number of allylic oxidation sites excluding steroid dienone is 2. The summed E-state index contributed by atoms with van der Waals surface area (Å²) in [4.78, 5) is 17.0. The smallest absolute Gasteiger partial charge is 0.259 e. The number of sulfone groups is 1. The van der Waals surface area contributed by atoms with Crippen molar-refractivity contribution in [2.24, 2.45) is 21.9 Å². The van der Waals surface area contributed by atoms with Gasteiger partial charge in [0.15, 0.2) is 15.8 Å². The van der Waals surface area contributed by atoms with E-state index in [4.69, 9.17) is 11.5 Å². The molecular formula is C14H21N3O3S2. The highest BCUT2D eigenvalue weighted by Gasteiger charge is 2.47. The number of aliphatic imine (C=N–C) groups is 1. The Hall–Kier alpha value is -1.28. The van der Waals surface area contributed by atoms with Gasteiger partial charge in [0.05, 0.1) is 15.1 Å². The van der Waals surface area contributed by atoms with E-state index in [0.29, 0.717) is 23.5 Å². The van der Waals surface area contributed by atoms with E-state index >= 15 is 0 Å². The molecule has 6 nitrogen and oxygen atoms in total. The number of thioether (sulfide) groups is 1. The fourth-order valence-corrected chi connectivity index (χ4v) is 6.14. The molecule has 0 bridgehead atoms. The van der Waals surface area contributed by atoms with E-state index in [-0.39, 0.29) is 5.96 Å². The van der Waals surface area contributed by atoms with Crippen LogP contribution in [-0.4, -0.2) is 30.8 Å². The lowest BCUT2D eigenvalue weighted by atomic mass is 9.78. The molecule has 0 radical (unpaired) electrons. The van der Waals surface area contributed by atoms with Crippen LogP contribution in [0.3, 0.4) is 0 Å². The van der Waals surface area contributed by atoms with Gasteiger partial charge in [-0.3, -0.25) is 4.79 Å². The van der Waals surface area contributed by atoms with Crippen LogP contribution in [0.4, 0.5) is 0 Å². The summed E-state index contributed by atoms with van der Waals surface area (Å²) >= 11 is 1.50. The zero-order valence-electron chi connectivity index (χ0n) is 12.9. The summed E-state index contributed by atoms with van der Waals surface area (Å²) in [6.45, 7) is 5.31. The van der Waals surface area contributed by atoms with Gasteiger partial charge in [-0.2, -0.15) is 4.99 Å². The Kier molecular flexibility index (Phi) is 4.20. The van der Waals surface area contributed by atoms with Crippen LogP contribution in [0.1, 0.15) is 33.6 Å². The molecule has 4 N–H and O–H groups in total. The molecule has 0 saturated heterocycles. The van der Waals surface area contributed by atoms with Gasteiger partial charge >= 0.3 is 0 Å². The molecule has 0 aromatic carbocycles. The Bertz CT molecular complexity index is 701. The number of carbonyl (C=O) groups is 1. The molecule has 2 rings (SSSR count). The SMILES string of the molecule is CCC1(C(=O)N=C(N)N)C=CC2=C(C1)SCC(C)(C)S2(=O)=O. The van der Waals surface area contributed by atoms with Gasteiger partial charge in [0.25, 0.3) is 5.91 Å². The van der Waals surface area contributed by atoms with Crippen LogP contribution in [0, 0.1) is 5.41 Å². The van der Waals surface area contributed by atoms with Gasteiger partial charge in [-0.25, -0.2) is 8.42 Å². The maximum absolute atomic E-state index is 12.6. The van der Waals surface area contributed by atoms with E-state index in [0.717, 1.165) is 4.91 Å². The maximum atomic E-state index is 12.6. The first-order chi connectivity index (χ1) is 10.1. The van der Waals surface area contributed by atoms with Gasteiger partial charge in [-0.05, 0) is 32.8 Å². The van der Waals surface area contributed by atoms with Crippen molar-refractivity contribution in [1.29, 1.82) is 0 Å². The topological polar surface area (TPSA) is 116 Å². The number of nitrogens with two attached hydrogens (primary N) is 2. The van der Waals surface area contributed by atoms with Crippen molar-refractivity contribution < 1.29 is 13.2 Å². The van der Waals surface area contributed by atoms with E-state index in [1.807, 2.05) is 6.92 Å². The Morgan fingerprint density at radius 2 is 2.05 bits per heavy atom. The van der Waals surface area contributed by atoms with Crippen LogP contribution in [-0.2, 0) is 14.6 Å². The number of hydrogen-bond acceptors (Lipinski definition) is 4. The quantitative estimate of drug-likeness (QED) is 0.576. The van der Waals surface area contributed by atoms with Crippen molar-refractivity contribution in [1.82, 2.24) is 0 Å². The van der Waals surface area contributed by atoms with Crippen molar-refractivity contribution in [3.05, 3.63) is 22.0 Å². The second kappa shape index (κ2) is 5.42. The van der Waals surface area contributed by atoms with Gasteiger partial charge < -0.3 is 11.5 Å². The molecule has 1 heterocycles.